The van der Waals surface area contributed by atoms with Gasteiger partial charge in [-0.1, -0.05) is 29.8 Å². The lowest BCUT2D eigenvalue weighted by Gasteiger charge is -2.01. The van der Waals surface area contributed by atoms with Crippen LogP contribution in [0.2, 0.25) is 0 Å². The van der Waals surface area contributed by atoms with Crippen molar-refractivity contribution in [2.75, 3.05) is 0 Å². The third-order valence-corrected chi connectivity index (χ3v) is 2.67. The Balaban J connectivity index is 1.78. The Labute approximate surface area is 121 Å². The van der Waals surface area contributed by atoms with Gasteiger partial charge >= 0.3 is 11.8 Å². The van der Waals surface area contributed by atoms with Crippen LogP contribution in [-0.4, -0.2) is 18.0 Å². The summed E-state index contributed by atoms with van der Waals surface area (Å²) in [6.45, 7) is 2.13. The van der Waals surface area contributed by atoms with Crippen LogP contribution in [0.1, 0.15) is 16.9 Å². The van der Waals surface area contributed by atoms with E-state index in [0.29, 0.717) is 5.76 Å². The number of rotatable bonds is 4. The van der Waals surface area contributed by atoms with Gasteiger partial charge in [-0.15, -0.1) is 0 Å². The van der Waals surface area contributed by atoms with Crippen LogP contribution in [0.5, 0.6) is 0 Å². The summed E-state index contributed by atoms with van der Waals surface area (Å²) < 4.78 is 5.04. The SMILES string of the molecule is Cc1ccc(/C=N\NC(=O)C(=O)NCc2ccco2)cc1. The molecule has 2 N–H and O–H groups in total. The second-order valence-electron chi connectivity index (χ2n) is 4.37. The number of hydrogen-bond donors (Lipinski definition) is 2. The zero-order chi connectivity index (χ0) is 15.1. The first-order valence-electron chi connectivity index (χ1n) is 6.35. The molecule has 1 aromatic heterocycles. The first kappa shape index (κ1) is 14.5. The van der Waals surface area contributed by atoms with Crippen LogP contribution in [0.25, 0.3) is 0 Å². The number of furan rings is 1. The fourth-order valence-corrected chi connectivity index (χ4v) is 1.53. The van der Waals surface area contributed by atoms with Crippen LogP contribution in [0.15, 0.2) is 52.2 Å². The van der Waals surface area contributed by atoms with E-state index < -0.39 is 11.8 Å². The van der Waals surface area contributed by atoms with Crippen molar-refractivity contribution in [2.24, 2.45) is 5.10 Å². The molecule has 0 unspecified atom stereocenters. The lowest BCUT2D eigenvalue weighted by molar-refractivity contribution is -0.139. The second kappa shape index (κ2) is 7.04. The van der Waals surface area contributed by atoms with Crippen LogP contribution in [0.3, 0.4) is 0 Å². The van der Waals surface area contributed by atoms with Gasteiger partial charge in [0, 0.05) is 0 Å². The predicted molar refractivity (Wildman–Crippen MR) is 77.5 cm³/mol. The highest BCUT2D eigenvalue weighted by atomic mass is 16.3. The molecule has 2 rings (SSSR count). The number of carbonyl (C=O) groups is 2. The molecule has 2 aromatic rings. The number of benzene rings is 1. The maximum Gasteiger partial charge on any atom is 0.329 e. The van der Waals surface area contributed by atoms with Crippen molar-refractivity contribution >= 4 is 18.0 Å². The summed E-state index contributed by atoms with van der Waals surface area (Å²) in [5, 5.41) is 6.15. The van der Waals surface area contributed by atoms with Crippen LogP contribution >= 0.6 is 0 Å². The van der Waals surface area contributed by atoms with Gasteiger partial charge in [0.2, 0.25) is 0 Å². The highest BCUT2D eigenvalue weighted by molar-refractivity contribution is 6.35. The average Bonchev–Trinajstić information content (AvgIpc) is 3.00. The number of nitrogens with zero attached hydrogens (tertiary/aromatic N) is 1. The summed E-state index contributed by atoms with van der Waals surface area (Å²) in [5.41, 5.74) is 4.13. The molecule has 0 saturated heterocycles. The molecule has 0 aliphatic carbocycles. The van der Waals surface area contributed by atoms with Crippen molar-refractivity contribution in [3.8, 4) is 0 Å². The quantitative estimate of drug-likeness (QED) is 0.505. The van der Waals surface area contributed by atoms with E-state index in [9.17, 15) is 9.59 Å². The van der Waals surface area contributed by atoms with Gasteiger partial charge in [0.15, 0.2) is 0 Å². The molecule has 6 heteroatoms. The number of hydrogen-bond acceptors (Lipinski definition) is 4. The first-order valence-corrected chi connectivity index (χ1v) is 6.35. The summed E-state index contributed by atoms with van der Waals surface area (Å²) in [4.78, 5) is 23.0. The number of hydrazone groups is 1. The summed E-state index contributed by atoms with van der Waals surface area (Å²) in [6, 6.07) is 11.0. The fraction of sp³-hybridized carbons (Fsp3) is 0.133. The zero-order valence-electron chi connectivity index (χ0n) is 11.5. The summed E-state index contributed by atoms with van der Waals surface area (Å²) in [5.74, 6) is -1.03. The van der Waals surface area contributed by atoms with E-state index in [1.807, 2.05) is 31.2 Å². The van der Waals surface area contributed by atoms with E-state index >= 15 is 0 Å². The molecule has 0 aliphatic rings. The maximum absolute atomic E-state index is 11.5. The van der Waals surface area contributed by atoms with E-state index in [2.05, 4.69) is 15.8 Å². The van der Waals surface area contributed by atoms with Crippen LogP contribution < -0.4 is 10.7 Å². The van der Waals surface area contributed by atoms with Gasteiger partial charge in [0.1, 0.15) is 5.76 Å². The number of nitrogens with one attached hydrogen (secondary N) is 2. The number of amides is 2. The monoisotopic (exact) mass is 285 g/mol. The van der Waals surface area contributed by atoms with Crippen molar-refractivity contribution in [2.45, 2.75) is 13.5 Å². The molecule has 0 fully saturated rings. The molecule has 0 saturated carbocycles. The molecule has 0 spiro atoms. The van der Waals surface area contributed by atoms with Crippen LogP contribution in [0.4, 0.5) is 0 Å². The Bertz CT molecular complexity index is 631. The molecule has 108 valence electrons. The molecule has 1 aromatic carbocycles. The lowest BCUT2D eigenvalue weighted by Crippen LogP contribution is -2.37. The third kappa shape index (κ3) is 4.61. The molecule has 2 amide bonds. The minimum Gasteiger partial charge on any atom is -0.467 e. The molecule has 0 radical (unpaired) electrons. The molecule has 6 nitrogen and oxygen atoms in total. The summed E-state index contributed by atoms with van der Waals surface area (Å²) in [7, 11) is 0. The first-order chi connectivity index (χ1) is 10.1. The maximum atomic E-state index is 11.5. The minimum absolute atomic E-state index is 0.154. The molecule has 0 aliphatic heterocycles. The van der Waals surface area contributed by atoms with E-state index in [1.165, 1.54) is 12.5 Å². The lowest BCUT2D eigenvalue weighted by atomic mass is 10.2. The van der Waals surface area contributed by atoms with Crippen LogP contribution in [0, 0.1) is 6.92 Å². The Morgan fingerprint density at radius 3 is 2.62 bits per heavy atom. The average molecular weight is 285 g/mol. The standard InChI is InChI=1S/C15H15N3O3/c1-11-4-6-12(7-5-11)9-17-18-15(20)14(19)16-10-13-3-2-8-21-13/h2-9H,10H2,1H3,(H,16,19)(H,18,20)/b17-9-. The van der Waals surface area contributed by atoms with Gasteiger partial charge in [-0.2, -0.15) is 5.10 Å². The predicted octanol–water partition coefficient (Wildman–Crippen LogP) is 1.35. The van der Waals surface area contributed by atoms with E-state index in [4.69, 9.17) is 4.42 Å². The molecule has 0 atom stereocenters. The van der Waals surface area contributed by atoms with Gasteiger partial charge in [0.25, 0.3) is 0 Å². The molecule has 1 heterocycles. The van der Waals surface area contributed by atoms with Crippen LogP contribution in [-0.2, 0) is 16.1 Å². The smallest absolute Gasteiger partial charge is 0.329 e. The van der Waals surface area contributed by atoms with Gasteiger partial charge in [-0.05, 0) is 24.6 Å². The Hall–Kier alpha value is -2.89. The van der Waals surface area contributed by atoms with Crippen molar-refractivity contribution < 1.29 is 14.0 Å². The minimum atomic E-state index is -0.829. The largest absolute Gasteiger partial charge is 0.467 e. The zero-order valence-corrected chi connectivity index (χ0v) is 11.5. The Kier molecular flexibility index (Phi) is 4.87. The van der Waals surface area contributed by atoms with E-state index in [1.54, 1.807) is 12.1 Å². The Morgan fingerprint density at radius 2 is 1.95 bits per heavy atom. The van der Waals surface area contributed by atoms with Gasteiger partial charge in [0.05, 0.1) is 19.0 Å². The second-order valence-corrected chi connectivity index (χ2v) is 4.37. The van der Waals surface area contributed by atoms with Crippen molar-refractivity contribution in [1.82, 2.24) is 10.7 Å². The van der Waals surface area contributed by atoms with Crippen molar-refractivity contribution in [3.05, 3.63) is 59.5 Å². The number of aryl methyl sites for hydroxylation is 1. The molecule has 0 bridgehead atoms. The number of carbonyl (C=O) groups excluding carboxylic acids is 2. The molecule has 21 heavy (non-hydrogen) atoms. The van der Waals surface area contributed by atoms with E-state index in [-0.39, 0.29) is 6.54 Å². The van der Waals surface area contributed by atoms with Gasteiger partial charge in [-0.3, -0.25) is 9.59 Å². The summed E-state index contributed by atoms with van der Waals surface area (Å²) >= 11 is 0. The highest BCUT2D eigenvalue weighted by Crippen LogP contribution is 2.00. The summed E-state index contributed by atoms with van der Waals surface area (Å²) in [6.07, 6.45) is 2.96. The topological polar surface area (TPSA) is 83.7 Å². The normalized spacial score (nSPS) is 10.5. The highest BCUT2D eigenvalue weighted by Gasteiger charge is 2.12. The molecular formula is C15H15N3O3. The fourth-order valence-electron chi connectivity index (χ4n) is 1.53. The Morgan fingerprint density at radius 1 is 1.19 bits per heavy atom. The van der Waals surface area contributed by atoms with Gasteiger partial charge in [-0.25, -0.2) is 5.43 Å². The third-order valence-electron chi connectivity index (χ3n) is 2.67. The van der Waals surface area contributed by atoms with E-state index in [0.717, 1.165) is 11.1 Å². The van der Waals surface area contributed by atoms with Crippen molar-refractivity contribution in [1.29, 1.82) is 0 Å². The molecular weight excluding hydrogens is 270 g/mol. The van der Waals surface area contributed by atoms with Crippen molar-refractivity contribution in [3.63, 3.8) is 0 Å². The van der Waals surface area contributed by atoms with Gasteiger partial charge < -0.3 is 9.73 Å².